The van der Waals surface area contributed by atoms with Crippen molar-refractivity contribution in [2.24, 2.45) is 5.73 Å². The molecule has 1 aromatic rings. The number of anilines is 2. The lowest BCUT2D eigenvalue weighted by molar-refractivity contribution is -0.120. The van der Waals surface area contributed by atoms with E-state index in [1.165, 1.54) is 11.0 Å². The maximum atomic E-state index is 12.6. The fourth-order valence-electron chi connectivity index (χ4n) is 2.22. The SMILES string of the molecule is CC(C)N(CC(F)(F)F)c1ccc2c(c1)NC(=O)C2N. The Balaban J connectivity index is 2.32. The van der Waals surface area contributed by atoms with E-state index in [4.69, 9.17) is 5.73 Å². The lowest BCUT2D eigenvalue weighted by Crippen LogP contribution is -2.39. The third-order valence-electron chi connectivity index (χ3n) is 3.22. The van der Waals surface area contributed by atoms with E-state index in [2.05, 4.69) is 5.32 Å². The van der Waals surface area contributed by atoms with Crippen LogP contribution in [-0.4, -0.2) is 24.7 Å². The zero-order valence-corrected chi connectivity index (χ0v) is 11.2. The largest absolute Gasteiger partial charge is 0.405 e. The Hall–Kier alpha value is -1.76. The summed E-state index contributed by atoms with van der Waals surface area (Å²) in [5.41, 5.74) is 7.17. The molecule has 0 fully saturated rings. The van der Waals surface area contributed by atoms with Crippen LogP contribution in [0.3, 0.4) is 0 Å². The molecule has 1 heterocycles. The second-order valence-corrected chi connectivity index (χ2v) is 5.08. The van der Waals surface area contributed by atoms with E-state index < -0.39 is 18.8 Å². The number of benzene rings is 1. The van der Waals surface area contributed by atoms with Crippen molar-refractivity contribution >= 4 is 17.3 Å². The topological polar surface area (TPSA) is 58.4 Å². The first-order valence-corrected chi connectivity index (χ1v) is 6.23. The zero-order valence-electron chi connectivity index (χ0n) is 11.2. The highest BCUT2D eigenvalue weighted by Gasteiger charge is 2.33. The van der Waals surface area contributed by atoms with E-state index in [-0.39, 0.29) is 11.9 Å². The molecule has 1 atom stereocenters. The third kappa shape index (κ3) is 2.87. The molecule has 0 saturated heterocycles. The lowest BCUT2D eigenvalue weighted by atomic mass is 10.1. The third-order valence-corrected chi connectivity index (χ3v) is 3.22. The molecule has 0 spiro atoms. The van der Waals surface area contributed by atoms with Gasteiger partial charge in [0.15, 0.2) is 0 Å². The first kappa shape index (κ1) is 14.6. The highest BCUT2D eigenvalue weighted by atomic mass is 19.4. The summed E-state index contributed by atoms with van der Waals surface area (Å²) in [6.07, 6.45) is -4.29. The molecule has 4 nitrogen and oxygen atoms in total. The van der Waals surface area contributed by atoms with Crippen LogP contribution in [0, 0.1) is 0 Å². The van der Waals surface area contributed by atoms with Gasteiger partial charge in [0.25, 0.3) is 0 Å². The Morgan fingerprint density at radius 3 is 2.60 bits per heavy atom. The standard InChI is InChI=1S/C13H16F3N3O/c1-7(2)19(6-13(14,15)16)8-3-4-9-10(5-8)18-12(20)11(9)17/h3-5,7,11H,6,17H2,1-2H3,(H,18,20). The van der Waals surface area contributed by atoms with Crippen molar-refractivity contribution < 1.29 is 18.0 Å². The van der Waals surface area contributed by atoms with Crippen LogP contribution < -0.4 is 16.0 Å². The minimum atomic E-state index is -4.29. The van der Waals surface area contributed by atoms with Crippen molar-refractivity contribution in [3.63, 3.8) is 0 Å². The molecule has 110 valence electrons. The fourth-order valence-corrected chi connectivity index (χ4v) is 2.22. The Kier molecular flexibility index (Phi) is 3.64. The van der Waals surface area contributed by atoms with Crippen LogP contribution in [0.15, 0.2) is 18.2 Å². The van der Waals surface area contributed by atoms with Gasteiger partial charge in [0, 0.05) is 23.0 Å². The van der Waals surface area contributed by atoms with Gasteiger partial charge < -0.3 is 16.0 Å². The van der Waals surface area contributed by atoms with Crippen LogP contribution in [-0.2, 0) is 4.79 Å². The molecule has 2 rings (SSSR count). The summed E-state index contributed by atoms with van der Waals surface area (Å²) in [4.78, 5) is 12.7. The molecule has 0 radical (unpaired) electrons. The van der Waals surface area contributed by atoms with Gasteiger partial charge in [0.2, 0.25) is 5.91 Å². The lowest BCUT2D eigenvalue weighted by Gasteiger charge is -2.30. The first-order valence-electron chi connectivity index (χ1n) is 6.23. The monoisotopic (exact) mass is 287 g/mol. The van der Waals surface area contributed by atoms with Crippen LogP contribution in [0.1, 0.15) is 25.5 Å². The predicted octanol–water partition coefficient (Wildman–Crippen LogP) is 2.42. The van der Waals surface area contributed by atoms with E-state index in [1.807, 2.05) is 0 Å². The molecule has 0 aliphatic carbocycles. The number of fused-ring (bicyclic) bond motifs is 1. The van der Waals surface area contributed by atoms with Gasteiger partial charge in [-0.2, -0.15) is 13.2 Å². The minimum Gasteiger partial charge on any atom is -0.360 e. The number of carbonyl (C=O) groups excluding carboxylic acids is 1. The summed E-state index contributed by atoms with van der Waals surface area (Å²) in [6, 6.07) is 3.62. The van der Waals surface area contributed by atoms with E-state index in [9.17, 15) is 18.0 Å². The number of rotatable bonds is 3. The molecular weight excluding hydrogens is 271 g/mol. The molecule has 3 N–H and O–H groups in total. The van der Waals surface area contributed by atoms with E-state index in [1.54, 1.807) is 26.0 Å². The number of nitrogens with zero attached hydrogens (tertiary/aromatic N) is 1. The number of amides is 1. The van der Waals surface area contributed by atoms with Crippen LogP contribution in [0.2, 0.25) is 0 Å². The molecule has 0 saturated carbocycles. The summed E-state index contributed by atoms with van der Waals surface area (Å²) in [5.74, 6) is -0.343. The molecule has 1 amide bonds. The maximum absolute atomic E-state index is 12.6. The van der Waals surface area contributed by atoms with Gasteiger partial charge >= 0.3 is 6.18 Å². The number of hydrogen-bond acceptors (Lipinski definition) is 3. The van der Waals surface area contributed by atoms with Gasteiger partial charge in [-0.3, -0.25) is 4.79 Å². The Labute approximate surface area is 114 Å². The fraction of sp³-hybridized carbons (Fsp3) is 0.462. The van der Waals surface area contributed by atoms with Gasteiger partial charge in [-0.25, -0.2) is 0 Å². The van der Waals surface area contributed by atoms with E-state index >= 15 is 0 Å². The first-order chi connectivity index (χ1) is 9.19. The molecule has 1 aromatic carbocycles. The molecule has 7 heteroatoms. The molecule has 20 heavy (non-hydrogen) atoms. The highest BCUT2D eigenvalue weighted by molar-refractivity contribution is 6.02. The smallest absolute Gasteiger partial charge is 0.360 e. The number of nitrogens with two attached hydrogens (primary N) is 1. The number of hydrogen-bond donors (Lipinski definition) is 2. The van der Waals surface area contributed by atoms with E-state index in [0.29, 0.717) is 16.9 Å². The van der Waals surface area contributed by atoms with Crippen LogP contribution in [0.25, 0.3) is 0 Å². The Morgan fingerprint density at radius 2 is 2.05 bits per heavy atom. The number of halogens is 3. The Morgan fingerprint density at radius 1 is 1.40 bits per heavy atom. The van der Waals surface area contributed by atoms with Gasteiger partial charge in [-0.15, -0.1) is 0 Å². The van der Waals surface area contributed by atoms with Crippen LogP contribution >= 0.6 is 0 Å². The van der Waals surface area contributed by atoms with Gasteiger partial charge in [-0.05, 0) is 26.0 Å². The second-order valence-electron chi connectivity index (χ2n) is 5.08. The van der Waals surface area contributed by atoms with E-state index in [0.717, 1.165) is 0 Å². The van der Waals surface area contributed by atoms with Crippen molar-refractivity contribution in [1.82, 2.24) is 0 Å². The van der Waals surface area contributed by atoms with Crippen LogP contribution in [0.4, 0.5) is 24.5 Å². The normalized spacial score (nSPS) is 18.1. The van der Waals surface area contributed by atoms with Crippen molar-refractivity contribution in [1.29, 1.82) is 0 Å². The van der Waals surface area contributed by atoms with Gasteiger partial charge in [0.1, 0.15) is 12.6 Å². The molecule has 1 aliphatic heterocycles. The number of nitrogens with one attached hydrogen (secondary N) is 1. The van der Waals surface area contributed by atoms with Gasteiger partial charge in [0.05, 0.1) is 0 Å². The Bertz CT molecular complexity index is 528. The summed E-state index contributed by atoms with van der Waals surface area (Å²) in [5, 5.41) is 2.57. The number of alkyl halides is 3. The summed E-state index contributed by atoms with van der Waals surface area (Å²) in [7, 11) is 0. The summed E-state index contributed by atoms with van der Waals surface area (Å²) < 4.78 is 37.9. The molecular formula is C13H16F3N3O. The van der Waals surface area contributed by atoms with Crippen molar-refractivity contribution in [2.45, 2.75) is 32.1 Å². The average molecular weight is 287 g/mol. The zero-order chi connectivity index (χ0) is 15.1. The average Bonchev–Trinajstić information content (AvgIpc) is 2.60. The van der Waals surface area contributed by atoms with Crippen LogP contribution in [0.5, 0.6) is 0 Å². The maximum Gasteiger partial charge on any atom is 0.405 e. The predicted molar refractivity (Wildman–Crippen MR) is 70.5 cm³/mol. The molecule has 0 aromatic heterocycles. The summed E-state index contributed by atoms with van der Waals surface area (Å²) in [6.45, 7) is 2.33. The van der Waals surface area contributed by atoms with Gasteiger partial charge in [-0.1, -0.05) is 6.07 Å². The van der Waals surface area contributed by atoms with Crippen molar-refractivity contribution in [3.8, 4) is 0 Å². The van der Waals surface area contributed by atoms with Crippen molar-refractivity contribution in [2.75, 3.05) is 16.8 Å². The van der Waals surface area contributed by atoms with Crippen molar-refractivity contribution in [3.05, 3.63) is 23.8 Å². The highest BCUT2D eigenvalue weighted by Crippen LogP contribution is 2.34. The number of carbonyl (C=O) groups is 1. The quantitative estimate of drug-likeness (QED) is 0.897. The second kappa shape index (κ2) is 4.97. The summed E-state index contributed by atoms with van der Waals surface area (Å²) >= 11 is 0. The molecule has 1 unspecified atom stereocenters. The minimum absolute atomic E-state index is 0.319. The molecule has 0 bridgehead atoms. The molecule has 1 aliphatic rings.